The Morgan fingerprint density at radius 1 is 1.14 bits per heavy atom. The molecular weight excluding hydrogens is 326 g/mol. The normalized spacial score (nSPS) is 11.7. The zero-order valence-corrected chi connectivity index (χ0v) is 14.3. The maximum Gasteiger partial charge on any atom is 0.240 e. The van der Waals surface area contributed by atoms with Crippen molar-refractivity contribution in [3.63, 3.8) is 0 Å². The van der Waals surface area contributed by atoms with Gasteiger partial charge in [-0.2, -0.15) is 0 Å². The second-order valence-corrected chi connectivity index (χ2v) is 8.68. The van der Waals surface area contributed by atoms with Crippen LogP contribution in [0.4, 0.5) is 0 Å². The lowest BCUT2D eigenvalue weighted by Crippen LogP contribution is -2.25. The van der Waals surface area contributed by atoms with E-state index in [0.717, 1.165) is 16.2 Å². The van der Waals surface area contributed by atoms with E-state index in [2.05, 4.69) is 4.72 Å². The van der Waals surface area contributed by atoms with E-state index in [0.29, 0.717) is 17.2 Å². The zero-order valence-electron chi connectivity index (χ0n) is 11.8. The Bertz CT molecular complexity index is 678. The fraction of sp³-hybridized carbons (Fsp3) is 0.286. The molecule has 1 aromatic carbocycles. The van der Waals surface area contributed by atoms with Crippen LogP contribution in [0.5, 0.6) is 0 Å². The summed E-state index contributed by atoms with van der Waals surface area (Å²) in [4.78, 5) is 1.37. The number of furan rings is 1. The van der Waals surface area contributed by atoms with Crippen LogP contribution in [0.3, 0.4) is 0 Å². The average Bonchev–Trinajstić information content (AvgIpc) is 2.84. The molecule has 0 aliphatic rings. The molecule has 0 radical (unpaired) electrons. The predicted molar refractivity (Wildman–Crippen MR) is 88.1 cm³/mol. The van der Waals surface area contributed by atoms with Crippen LogP contribution in [-0.4, -0.2) is 20.7 Å². The van der Waals surface area contributed by atoms with Crippen molar-refractivity contribution in [3.8, 4) is 0 Å². The van der Waals surface area contributed by atoms with E-state index in [4.69, 9.17) is 4.42 Å². The minimum absolute atomic E-state index is 0.302. The number of hydrogen-bond acceptors (Lipinski definition) is 5. The summed E-state index contributed by atoms with van der Waals surface area (Å²) in [6.45, 7) is 4.23. The summed E-state index contributed by atoms with van der Waals surface area (Å²) < 4.78 is 31.9. The molecule has 0 aliphatic carbocycles. The Labute approximate surface area is 133 Å². The van der Waals surface area contributed by atoms with Crippen LogP contribution in [0.15, 0.2) is 50.8 Å². The Kier molecular flexibility index (Phi) is 5.80. The molecule has 7 heteroatoms. The first-order chi connectivity index (χ1) is 9.99. The first-order valence-electron chi connectivity index (χ1n) is 6.39. The highest BCUT2D eigenvalue weighted by atomic mass is 33.1. The van der Waals surface area contributed by atoms with E-state index in [1.165, 1.54) is 0 Å². The van der Waals surface area contributed by atoms with Crippen LogP contribution in [0.1, 0.15) is 11.3 Å². The van der Waals surface area contributed by atoms with E-state index in [1.807, 2.05) is 19.9 Å². The van der Waals surface area contributed by atoms with Gasteiger partial charge in [0.2, 0.25) is 10.0 Å². The van der Waals surface area contributed by atoms with Gasteiger partial charge in [-0.05, 0) is 32.0 Å². The molecule has 1 heterocycles. The van der Waals surface area contributed by atoms with Crippen LogP contribution < -0.4 is 4.72 Å². The molecule has 2 aromatic rings. The maximum absolute atomic E-state index is 12.0. The van der Waals surface area contributed by atoms with Gasteiger partial charge in [0.05, 0.1) is 16.1 Å². The molecule has 0 aliphatic heterocycles. The van der Waals surface area contributed by atoms with Crippen LogP contribution in [-0.2, 0) is 10.0 Å². The molecule has 0 bridgehead atoms. The number of aryl methyl sites for hydroxylation is 2. The van der Waals surface area contributed by atoms with Crippen LogP contribution in [0.2, 0.25) is 0 Å². The molecule has 1 aromatic heterocycles. The van der Waals surface area contributed by atoms with Crippen LogP contribution in [0.25, 0.3) is 0 Å². The summed E-state index contributed by atoms with van der Waals surface area (Å²) in [7, 11) is -0.227. The summed E-state index contributed by atoms with van der Waals surface area (Å²) in [5.41, 5.74) is 1.04. The molecule has 0 unspecified atom stereocenters. The van der Waals surface area contributed by atoms with Gasteiger partial charge in [-0.1, -0.05) is 39.3 Å². The van der Waals surface area contributed by atoms with E-state index in [9.17, 15) is 8.42 Å². The van der Waals surface area contributed by atoms with Crippen molar-refractivity contribution in [3.05, 3.63) is 47.9 Å². The predicted octanol–water partition coefficient (Wildman–Crippen LogP) is 3.62. The third kappa shape index (κ3) is 4.81. The van der Waals surface area contributed by atoms with Gasteiger partial charge in [0.25, 0.3) is 0 Å². The third-order valence-electron chi connectivity index (χ3n) is 2.77. The summed E-state index contributed by atoms with van der Waals surface area (Å²) in [6.07, 6.45) is 1.65. The Morgan fingerprint density at radius 2 is 1.86 bits per heavy atom. The fourth-order valence-electron chi connectivity index (χ4n) is 1.58. The van der Waals surface area contributed by atoms with Crippen molar-refractivity contribution < 1.29 is 12.8 Å². The standard InChI is InChI=1S/C14H17NO3S3/c1-11-3-5-13(6-4-11)21(16,17)15-8-10-19-20-14-7-9-18-12(14)2/h3-7,9,15H,8,10H2,1-2H3. The van der Waals surface area contributed by atoms with Gasteiger partial charge in [0, 0.05) is 12.3 Å². The van der Waals surface area contributed by atoms with Crippen molar-refractivity contribution in [2.45, 2.75) is 23.6 Å². The van der Waals surface area contributed by atoms with Gasteiger partial charge in [0.1, 0.15) is 5.76 Å². The quantitative estimate of drug-likeness (QED) is 0.615. The molecule has 0 saturated carbocycles. The SMILES string of the molecule is Cc1ccc(S(=O)(=O)NCCSSc2ccoc2C)cc1. The van der Waals surface area contributed by atoms with E-state index in [1.54, 1.807) is 52.1 Å². The van der Waals surface area contributed by atoms with Gasteiger partial charge < -0.3 is 4.42 Å². The number of rotatable bonds is 7. The molecule has 2 rings (SSSR count). The summed E-state index contributed by atoms with van der Waals surface area (Å²) in [6, 6.07) is 8.73. The number of benzene rings is 1. The lowest BCUT2D eigenvalue weighted by molar-refractivity contribution is 0.527. The summed E-state index contributed by atoms with van der Waals surface area (Å²) >= 11 is 0. The smallest absolute Gasteiger partial charge is 0.240 e. The molecule has 0 spiro atoms. The van der Waals surface area contributed by atoms with E-state index in [-0.39, 0.29) is 0 Å². The Balaban J connectivity index is 1.77. The van der Waals surface area contributed by atoms with Gasteiger partial charge in [-0.3, -0.25) is 0 Å². The summed E-state index contributed by atoms with van der Waals surface area (Å²) in [5, 5.41) is 0. The lowest BCUT2D eigenvalue weighted by atomic mass is 10.2. The number of hydrogen-bond donors (Lipinski definition) is 1. The number of sulfonamides is 1. The topological polar surface area (TPSA) is 59.3 Å². The molecule has 4 nitrogen and oxygen atoms in total. The minimum Gasteiger partial charge on any atom is -0.468 e. The first-order valence-corrected chi connectivity index (χ1v) is 10.2. The van der Waals surface area contributed by atoms with Gasteiger partial charge in [-0.15, -0.1) is 0 Å². The number of nitrogens with one attached hydrogen (secondary N) is 1. The van der Waals surface area contributed by atoms with Crippen LogP contribution >= 0.6 is 21.6 Å². The monoisotopic (exact) mass is 343 g/mol. The fourth-order valence-corrected chi connectivity index (χ4v) is 4.82. The van der Waals surface area contributed by atoms with Crippen molar-refractivity contribution in [1.29, 1.82) is 0 Å². The van der Waals surface area contributed by atoms with E-state index < -0.39 is 10.0 Å². The molecule has 0 atom stereocenters. The Hall–Kier alpha value is -0.890. The maximum atomic E-state index is 12.0. The average molecular weight is 343 g/mol. The van der Waals surface area contributed by atoms with Gasteiger partial charge in [0.15, 0.2) is 0 Å². The molecule has 0 fully saturated rings. The van der Waals surface area contributed by atoms with Crippen molar-refractivity contribution >= 4 is 31.6 Å². The highest BCUT2D eigenvalue weighted by molar-refractivity contribution is 8.76. The second kappa shape index (κ2) is 7.40. The first kappa shape index (κ1) is 16.5. The Morgan fingerprint density at radius 3 is 2.48 bits per heavy atom. The molecule has 1 N–H and O–H groups in total. The second-order valence-electron chi connectivity index (χ2n) is 4.46. The minimum atomic E-state index is -3.41. The van der Waals surface area contributed by atoms with Gasteiger partial charge in [-0.25, -0.2) is 13.1 Å². The zero-order chi connectivity index (χ0) is 15.3. The molecule has 114 valence electrons. The molecule has 0 saturated heterocycles. The van der Waals surface area contributed by atoms with Gasteiger partial charge >= 0.3 is 0 Å². The lowest BCUT2D eigenvalue weighted by Gasteiger charge is -2.06. The largest absolute Gasteiger partial charge is 0.468 e. The molecular formula is C14H17NO3S3. The van der Waals surface area contributed by atoms with Crippen molar-refractivity contribution in [2.24, 2.45) is 0 Å². The molecule has 21 heavy (non-hydrogen) atoms. The highest BCUT2D eigenvalue weighted by Gasteiger charge is 2.12. The van der Waals surface area contributed by atoms with E-state index >= 15 is 0 Å². The van der Waals surface area contributed by atoms with Crippen LogP contribution in [0, 0.1) is 13.8 Å². The highest BCUT2D eigenvalue weighted by Crippen LogP contribution is 2.33. The summed E-state index contributed by atoms with van der Waals surface area (Å²) in [5.74, 6) is 1.56. The van der Waals surface area contributed by atoms with Crippen molar-refractivity contribution in [1.82, 2.24) is 4.72 Å². The third-order valence-corrected chi connectivity index (χ3v) is 6.73. The van der Waals surface area contributed by atoms with Crippen molar-refractivity contribution in [2.75, 3.05) is 12.3 Å². The molecule has 0 amide bonds.